The van der Waals surface area contributed by atoms with Gasteiger partial charge in [0, 0.05) is 31.8 Å². The van der Waals surface area contributed by atoms with Crippen LogP contribution < -0.4 is 5.32 Å². The SMILES string of the molecule is O=C(NCCN(CCO)C(=O)c1ccc(F)cc1F)c1ccc(F)cc1F. The molecule has 0 radical (unpaired) electrons. The van der Waals surface area contributed by atoms with Gasteiger partial charge in [-0.05, 0) is 24.3 Å². The van der Waals surface area contributed by atoms with Crippen LogP contribution in [-0.4, -0.2) is 48.1 Å². The molecule has 0 heterocycles. The number of carbonyl (C=O) groups excluding carboxylic acids is 2. The van der Waals surface area contributed by atoms with Gasteiger partial charge in [0.2, 0.25) is 0 Å². The van der Waals surface area contributed by atoms with E-state index in [1.807, 2.05) is 0 Å². The number of halogens is 4. The summed E-state index contributed by atoms with van der Waals surface area (Å²) >= 11 is 0. The summed E-state index contributed by atoms with van der Waals surface area (Å²) in [5, 5.41) is 11.4. The Bertz CT molecular complexity index is 845. The third-order valence-corrected chi connectivity index (χ3v) is 3.66. The number of benzene rings is 2. The fraction of sp³-hybridized carbons (Fsp3) is 0.222. The molecule has 2 aromatic carbocycles. The number of carbonyl (C=O) groups is 2. The zero-order chi connectivity index (χ0) is 20.0. The van der Waals surface area contributed by atoms with E-state index in [9.17, 15) is 27.2 Å². The Kier molecular flexibility index (Phi) is 6.89. The number of nitrogens with zero attached hydrogens (tertiary/aromatic N) is 1. The predicted molar refractivity (Wildman–Crippen MR) is 88.0 cm³/mol. The highest BCUT2D eigenvalue weighted by atomic mass is 19.1. The van der Waals surface area contributed by atoms with Crippen molar-refractivity contribution >= 4 is 11.8 Å². The first kappa shape index (κ1) is 20.4. The topological polar surface area (TPSA) is 69.6 Å². The van der Waals surface area contributed by atoms with Crippen LogP contribution in [0, 0.1) is 23.3 Å². The van der Waals surface area contributed by atoms with Crippen LogP contribution in [-0.2, 0) is 0 Å². The molecule has 0 bridgehead atoms. The third-order valence-electron chi connectivity index (χ3n) is 3.66. The molecule has 5 nitrogen and oxygen atoms in total. The maximum Gasteiger partial charge on any atom is 0.256 e. The Hall–Kier alpha value is -2.94. The molecule has 0 aliphatic heterocycles. The molecule has 144 valence electrons. The smallest absolute Gasteiger partial charge is 0.256 e. The van der Waals surface area contributed by atoms with Gasteiger partial charge in [0.15, 0.2) is 0 Å². The average molecular weight is 384 g/mol. The first-order valence-electron chi connectivity index (χ1n) is 7.92. The minimum absolute atomic E-state index is 0.120. The Labute approximate surface area is 152 Å². The van der Waals surface area contributed by atoms with Gasteiger partial charge >= 0.3 is 0 Å². The molecule has 0 saturated heterocycles. The zero-order valence-electron chi connectivity index (χ0n) is 14.0. The van der Waals surface area contributed by atoms with Gasteiger partial charge in [-0.15, -0.1) is 0 Å². The van der Waals surface area contributed by atoms with E-state index < -0.39 is 41.7 Å². The number of aliphatic hydroxyl groups is 1. The molecule has 0 spiro atoms. The Balaban J connectivity index is 2.01. The molecule has 2 rings (SSSR count). The molecule has 0 aliphatic carbocycles. The van der Waals surface area contributed by atoms with E-state index in [-0.39, 0.29) is 30.8 Å². The monoisotopic (exact) mass is 384 g/mol. The second-order valence-corrected chi connectivity index (χ2v) is 5.52. The quantitative estimate of drug-likeness (QED) is 0.719. The minimum Gasteiger partial charge on any atom is -0.395 e. The molecule has 9 heteroatoms. The number of hydrogen-bond donors (Lipinski definition) is 2. The first-order valence-corrected chi connectivity index (χ1v) is 7.92. The molecule has 27 heavy (non-hydrogen) atoms. The van der Waals surface area contributed by atoms with Crippen LogP contribution in [0.4, 0.5) is 17.6 Å². The number of amides is 2. The van der Waals surface area contributed by atoms with Gasteiger partial charge < -0.3 is 15.3 Å². The van der Waals surface area contributed by atoms with E-state index in [2.05, 4.69) is 5.32 Å². The molecular formula is C18H16F4N2O3. The second kappa shape index (κ2) is 9.13. The third kappa shape index (κ3) is 5.27. The molecule has 0 aliphatic rings. The van der Waals surface area contributed by atoms with Crippen molar-refractivity contribution in [3.05, 3.63) is 70.8 Å². The van der Waals surface area contributed by atoms with Crippen molar-refractivity contribution in [2.75, 3.05) is 26.2 Å². The molecular weight excluding hydrogens is 368 g/mol. The van der Waals surface area contributed by atoms with Gasteiger partial charge in [-0.2, -0.15) is 0 Å². The van der Waals surface area contributed by atoms with Crippen molar-refractivity contribution in [2.45, 2.75) is 0 Å². The van der Waals surface area contributed by atoms with Gasteiger partial charge in [0.1, 0.15) is 23.3 Å². The lowest BCUT2D eigenvalue weighted by Crippen LogP contribution is -2.40. The summed E-state index contributed by atoms with van der Waals surface area (Å²) in [7, 11) is 0. The van der Waals surface area contributed by atoms with Gasteiger partial charge in [-0.25, -0.2) is 17.6 Å². The molecule has 2 N–H and O–H groups in total. The van der Waals surface area contributed by atoms with Crippen LogP contribution in [0.2, 0.25) is 0 Å². The van der Waals surface area contributed by atoms with Crippen LogP contribution in [0.1, 0.15) is 20.7 Å². The summed E-state index contributed by atoms with van der Waals surface area (Å²) in [6.07, 6.45) is 0. The number of aliphatic hydroxyl groups excluding tert-OH is 1. The normalized spacial score (nSPS) is 10.6. The van der Waals surface area contributed by atoms with Gasteiger partial charge in [0.25, 0.3) is 11.8 Å². The van der Waals surface area contributed by atoms with E-state index in [1.54, 1.807) is 0 Å². The van der Waals surface area contributed by atoms with Crippen LogP contribution in [0.5, 0.6) is 0 Å². The van der Waals surface area contributed by atoms with Crippen molar-refractivity contribution in [3.8, 4) is 0 Å². The van der Waals surface area contributed by atoms with Gasteiger partial charge in [0.05, 0.1) is 17.7 Å². The van der Waals surface area contributed by atoms with Crippen molar-refractivity contribution in [1.29, 1.82) is 0 Å². The Morgan fingerprint density at radius 1 is 0.889 bits per heavy atom. The standard InChI is InChI=1S/C18H16F4N2O3/c19-11-1-3-13(15(21)9-11)17(26)23-5-6-24(7-8-25)18(27)14-4-2-12(20)10-16(14)22/h1-4,9-10,25H,5-8H2,(H,23,26). The molecule has 0 aromatic heterocycles. The maximum absolute atomic E-state index is 13.8. The fourth-order valence-electron chi connectivity index (χ4n) is 2.34. The van der Waals surface area contributed by atoms with Crippen molar-refractivity contribution < 1.29 is 32.3 Å². The van der Waals surface area contributed by atoms with Crippen LogP contribution >= 0.6 is 0 Å². The molecule has 0 fully saturated rings. The zero-order valence-corrected chi connectivity index (χ0v) is 14.0. The van der Waals surface area contributed by atoms with Crippen LogP contribution in [0.3, 0.4) is 0 Å². The largest absolute Gasteiger partial charge is 0.395 e. The highest BCUT2D eigenvalue weighted by Crippen LogP contribution is 2.13. The first-order chi connectivity index (χ1) is 12.8. The minimum atomic E-state index is -1.06. The molecule has 0 saturated carbocycles. The fourth-order valence-corrected chi connectivity index (χ4v) is 2.34. The Morgan fingerprint density at radius 2 is 1.44 bits per heavy atom. The maximum atomic E-state index is 13.8. The van der Waals surface area contributed by atoms with Crippen molar-refractivity contribution in [2.24, 2.45) is 0 Å². The Morgan fingerprint density at radius 3 is 1.96 bits per heavy atom. The second-order valence-electron chi connectivity index (χ2n) is 5.52. The highest BCUT2D eigenvalue weighted by Gasteiger charge is 2.20. The summed E-state index contributed by atoms with van der Waals surface area (Å²) < 4.78 is 53.2. The predicted octanol–water partition coefficient (Wildman–Crippen LogP) is 2.11. The van der Waals surface area contributed by atoms with E-state index in [0.717, 1.165) is 29.2 Å². The number of rotatable bonds is 7. The van der Waals surface area contributed by atoms with Gasteiger partial charge in [-0.3, -0.25) is 9.59 Å². The van der Waals surface area contributed by atoms with E-state index in [1.165, 1.54) is 0 Å². The van der Waals surface area contributed by atoms with E-state index in [4.69, 9.17) is 5.11 Å². The van der Waals surface area contributed by atoms with Crippen molar-refractivity contribution in [3.63, 3.8) is 0 Å². The van der Waals surface area contributed by atoms with Crippen LogP contribution in [0.25, 0.3) is 0 Å². The van der Waals surface area contributed by atoms with Gasteiger partial charge in [-0.1, -0.05) is 0 Å². The molecule has 0 atom stereocenters. The summed E-state index contributed by atoms with van der Waals surface area (Å²) in [5.74, 6) is -5.39. The molecule has 0 unspecified atom stereocenters. The number of hydrogen-bond acceptors (Lipinski definition) is 3. The van der Waals surface area contributed by atoms with Crippen LogP contribution in [0.15, 0.2) is 36.4 Å². The lowest BCUT2D eigenvalue weighted by molar-refractivity contribution is 0.0711. The lowest BCUT2D eigenvalue weighted by Gasteiger charge is -2.22. The summed E-state index contributed by atoms with van der Waals surface area (Å²) in [6.45, 7) is -0.833. The summed E-state index contributed by atoms with van der Waals surface area (Å²) in [5.41, 5.74) is -0.762. The highest BCUT2D eigenvalue weighted by molar-refractivity contribution is 5.95. The summed E-state index contributed by atoms with van der Waals surface area (Å²) in [4.78, 5) is 25.3. The summed E-state index contributed by atoms with van der Waals surface area (Å²) in [6, 6.07) is 4.93. The lowest BCUT2D eigenvalue weighted by atomic mass is 10.1. The van der Waals surface area contributed by atoms with E-state index >= 15 is 0 Å². The molecule has 2 amide bonds. The average Bonchev–Trinajstić information content (AvgIpc) is 2.60. The molecule has 2 aromatic rings. The number of nitrogens with one attached hydrogen (secondary N) is 1. The van der Waals surface area contributed by atoms with Crippen molar-refractivity contribution in [1.82, 2.24) is 10.2 Å². The van der Waals surface area contributed by atoms with E-state index in [0.29, 0.717) is 12.1 Å².